The third-order valence-electron chi connectivity index (χ3n) is 5.67. The fourth-order valence-corrected chi connectivity index (χ4v) is 4.00. The Morgan fingerprint density at radius 2 is 2.15 bits per heavy atom. The summed E-state index contributed by atoms with van der Waals surface area (Å²) < 4.78 is 13.5. The van der Waals surface area contributed by atoms with E-state index in [1.807, 2.05) is 25.1 Å². The number of anilines is 1. The Labute approximate surface area is 202 Å². The van der Waals surface area contributed by atoms with Crippen LogP contribution in [0.25, 0.3) is 0 Å². The van der Waals surface area contributed by atoms with E-state index >= 15 is 0 Å². The second-order valence-electron chi connectivity index (χ2n) is 8.14. The van der Waals surface area contributed by atoms with Crippen LogP contribution in [-0.2, 0) is 19.4 Å². The van der Waals surface area contributed by atoms with Crippen molar-refractivity contribution in [1.82, 2.24) is 25.2 Å². The van der Waals surface area contributed by atoms with Crippen LogP contribution in [0.15, 0.2) is 42.6 Å². The summed E-state index contributed by atoms with van der Waals surface area (Å²) >= 11 is 5.85. The van der Waals surface area contributed by atoms with E-state index in [4.69, 9.17) is 11.6 Å². The van der Waals surface area contributed by atoms with Gasteiger partial charge >= 0.3 is 6.03 Å². The van der Waals surface area contributed by atoms with Gasteiger partial charge in [0.05, 0.1) is 29.9 Å². The molecule has 0 bridgehead atoms. The Hall–Kier alpha value is -3.30. The van der Waals surface area contributed by atoms with Crippen molar-refractivity contribution in [2.75, 3.05) is 25.0 Å². The van der Waals surface area contributed by atoms with Crippen LogP contribution in [0, 0.1) is 12.7 Å². The molecule has 3 N–H and O–H groups in total. The summed E-state index contributed by atoms with van der Waals surface area (Å²) in [6.45, 7) is 3.07. The van der Waals surface area contributed by atoms with Crippen molar-refractivity contribution < 1.29 is 14.3 Å². The number of nitrogens with zero attached hydrogens (tertiary/aromatic N) is 4. The minimum atomic E-state index is -0.704. The minimum absolute atomic E-state index is 0.0630. The molecule has 34 heavy (non-hydrogen) atoms. The largest absolute Gasteiger partial charge is 0.394 e. The van der Waals surface area contributed by atoms with Crippen molar-refractivity contribution in [2.24, 2.45) is 0 Å². The highest BCUT2D eigenvalue weighted by Crippen LogP contribution is 2.22. The first-order chi connectivity index (χ1) is 16.4. The summed E-state index contributed by atoms with van der Waals surface area (Å²) in [4.78, 5) is 28.0. The number of fused-ring (bicyclic) bond motifs is 1. The lowest BCUT2D eigenvalue weighted by atomic mass is 10.1. The summed E-state index contributed by atoms with van der Waals surface area (Å²) in [5.74, 6) is -0.0526. The highest BCUT2D eigenvalue weighted by molar-refractivity contribution is 6.30. The number of pyridine rings is 1. The number of aryl methyl sites for hydroxylation is 1. The SMILES string of the molecule is Cc1cccc(CCNc2ncc3c(n2)CN(C(=O)NC(CO)c2ccc(F)c(Cl)c2)CC3)n1. The zero-order valence-corrected chi connectivity index (χ0v) is 19.5. The van der Waals surface area contributed by atoms with Gasteiger partial charge < -0.3 is 20.6 Å². The van der Waals surface area contributed by atoms with Crippen LogP contribution in [-0.4, -0.2) is 50.7 Å². The molecule has 3 aromatic rings. The third kappa shape index (κ3) is 5.78. The van der Waals surface area contributed by atoms with E-state index in [0.717, 1.165) is 29.1 Å². The van der Waals surface area contributed by atoms with Crippen LogP contribution in [0.5, 0.6) is 0 Å². The highest BCUT2D eigenvalue weighted by Gasteiger charge is 2.25. The van der Waals surface area contributed by atoms with E-state index < -0.39 is 11.9 Å². The molecule has 2 aromatic heterocycles. The molecule has 2 amide bonds. The van der Waals surface area contributed by atoms with Crippen molar-refractivity contribution in [3.05, 3.63) is 81.6 Å². The molecule has 1 atom stereocenters. The standard InChI is InChI=1S/C24H26ClFN6O2/c1-15-3-2-4-18(29-15)7-9-27-23-28-12-17-8-10-32(13-21(17)30-23)24(34)31-22(14-33)16-5-6-20(26)19(25)11-16/h2-6,11-12,22,33H,7-10,13-14H2,1H3,(H,31,34)(H,27,28,30). The molecule has 0 saturated carbocycles. The first-order valence-electron chi connectivity index (χ1n) is 11.1. The van der Waals surface area contributed by atoms with E-state index in [-0.39, 0.29) is 17.7 Å². The third-order valence-corrected chi connectivity index (χ3v) is 5.96. The molecule has 1 unspecified atom stereocenters. The zero-order chi connectivity index (χ0) is 24.1. The van der Waals surface area contributed by atoms with Gasteiger partial charge in [-0.3, -0.25) is 4.98 Å². The molecule has 3 heterocycles. The topological polar surface area (TPSA) is 103 Å². The van der Waals surface area contributed by atoms with Crippen LogP contribution in [0.2, 0.25) is 5.02 Å². The van der Waals surface area contributed by atoms with Gasteiger partial charge in [0.2, 0.25) is 5.95 Å². The predicted octanol–water partition coefficient (Wildman–Crippen LogP) is 3.43. The van der Waals surface area contributed by atoms with Crippen LogP contribution >= 0.6 is 11.6 Å². The second kappa shape index (κ2) is 10.8. The van der Waals surface area contributed by atoms with Crippen LogP contribution in [0.1, 0.15) is 34.3 Å². The second-order valence-corrected chi connectivity index (χ2v) is 8.55. The zero-order valence-electron chi connectivity index (χ0n) is 18.8. The Balaban J connectivity index is 1.36. The summed E-state index contributed by atoms with van der Waals surface area (Å²) in [5.41, 5.74) is 4.27. The normalized spacial score (nSPS) is 13.8. The Morgan fingerprint density at radius 1 is 1.29 bits per heavy atom. The number of aliphatic hydroxyl groups is 1. The summed E-state index contributed by atoms with van der Waals surface area (Å²) in [6.07, 6.45) is 3.16. The monoisotopic (exact) mass is 484 g/mol. The average molecular weight is 485 g/mol. The molecule has 0 fully saturated rings. The number of carbonyl (C=O) groups is 1. The molecule has 0 spiro atoms. The first kappa shape index (κ1) is 23.8. The molecule has 1 aromatic carbocycles. The predicted molar refractivity (Wildman–Crippen MR) is 127 cm³/mol. The maximum atomic E-state index is 13.5. The molecule has 10 heteroatoms. The molecular weight excluding hydrogens is 459 g/mol. The summed E-state index contributed by atoms with van der Waals surface area (Å²) in [6, 6.07) is 8.99. The lowest BCUT2D eigenvalue weighted by Crippen LogP contribution is -2.45. The van der Waals surface area contributed by atoms with Gasteiger partial charge in [0.1, 0.15) is 5.82 Å². The molecular formula is C24H26ClFN6O2. The summed E-state index contributed by atoms with van der Waals surface area (Å²) in [5, 5.41) is 15.7. The van der Waals surface area contributed by atoms with Crippen LogP contribution in [0.4, 0.5) is 15.1 Å². The van der Waals surface area contributed by atoms with E-state index in [0.29, 0.717) is 37.6 Å². The fourth-order valence-electron chi connectivity index (χ4n) is 3.81. The van der Waals surface area contributed by atoms with Gasteiger partial charge in [0, 0.05) is 37.1 Å². The van der Waals surface area contributed by atoms with E-state index in [9.17, 15) is 14.3 Å². The fraction of sp³-hybridized carbons (Fsp3) is 0.333. The Kier molecular flexibility index (Phi) is 7.54. The molecule has 0 saturated heterocycles. The number of hydrogen-bond acceptors (Lipinski definition) is 6. The van der Waals surface area contributed by atoms with Crippen LogP contribution in [0.3, 0.4) is 0 Å². The quantitative estimate of drug-likeness (QED) is 0.474. The minimum Gasteiger partial charge on any atom is -0.394 e. The van der Waals surface area contributed by atoms with Gasteiger partial charge in [-0.1, -0.05) is 23.7 Å². The molecule has 1 aliphatic heterocycles. The lowest BCUT2D eigenvalue weighted by Gasteiger charge is -2.30. The number of urea groups is 1. The number of aliphatic hydroxyl groups excluding tert-OH is 1. The number of halogens is 2. The molecule has 4 rings (SSSR count). The molecule has 1 aliphatic rings. The number of amides is 2. The van der Waals surface area contributed by atoms with Crippen molar-refractivity contribution in [3.8, 4) is 0 Å². The number of carbonyl (C=O) groups excluding carboxylic acids is 1. The smallest absolute Gasteiger partial charge is 0.318 e. The summed E-state index contributed by atoms with van der Waals surface area (Å²) in [7, 11) is 0. The van der Waals surface area contributed by atoms with Crippen molar-refractivity contribution >= 4 is 23.6 Å². The van der Waals surface area contributed by atoms with Gasteiger partial charge in [0.15, 0.2) is 0 Å². The maximum Gasteiger partial charge on any atom is 0.318 e. The molecule has 0 radical (unpaired) electrons. The van der Waals surface area contributed by atoms with Gasteiger partial charge in [0.25, 0.3) is 0 Å². The van der Waals surface area contributed by atoms with E-state index in [2.05, 4.69) is 25.6 Å². The Morgan fingerprint density at radius 3 is 2.91 bits per heavy atom. The van der Waals surface area contributed by atoms with Crippen molar-refractivity contribution in [2.45, 2.75) is 32.4 Å². The number of nitrogens with one attached hydrogen (secondary N) is 2. The molecule has 0 aliphatic carbocycles. The number of benzene rings is 1. The van der Waals surface area contributed by atoms with Gasteiger partial charge in [-0.15, -0.1) is 0 Å². The van der Waals surface area contributed by atoms with Crippen molar-refractivity contribution in [1.29, 1.82) is 0 Å². The number of rotatable bonds is 7. The van der Waals surface area contributed by atoms with Gasteiger partial charge in [-0.2, -0.15) is 0 Å². The maximum absolute atomic E-state index is 13.5. The van der Waals surface area contributed by atoms with Gasteiger partial charge in [-0.05, 0) is 48.7 Å². The first-order valence-corrected chi connectivity index (χ1v) is 11.4. The van der Waals surface area contributed by atoms with Gasteiger partial charge in [-0.25, -0.2) is 19.2 Å². The average Bonchev–Trinajstić information content (AvgIpc) is 2.84. The lowest BCUT2D eigenvalue weighted by molar-refractivity contribution is 0.176. The van der Waals surface area contributed by atoms with Crippen LogP contribution < -0.4 is 10.6 Å². The van der Waals surface area contributed by atoms with E-state index in [1.165, 1.54) is 18.2 Å². The van der Waals surface area contributed by atoms with Crippen molar-refractivity contribution in [3.63, 3.8) is 0 Å². The van der Waals surface area contributed by atoms with E-state index in [1.54, 1.807) is 11.1 Å². The Bertz CT molecular complexity index is 1180. The number of hydrogen-bond donors (Lipinski definition) is 3. The number of aromatic nitrogens is 3. The molecule has 8 nitrogen and oxygen atoms in total. The molecule has 178 valence electrons. The highest BCUT2D eigenvalue weighted by atomic mass is 35.5.